The number of aliphatic imine (C=N–C) groups is 1. The average Bonchev–Trinajstić information content (AvgIpc) is 2.23. The van der Waals surface area contributed by atoms with Crippen LogP contribution >= 0.6 is 0 Å². The molecular formula is C10H13FN4O2. The highest BCUT2D eigenvalue weighted by atomic mass is 19.1. The van der Waals surface area contributed by atoms with Crippen molar-refractivity contribution in [2.45, 2.75) is 6.92 Å². The summed E-state index contributed by atoms with van der Waals surface area (Å²) >= 11 is 0. The summed E-state index contributed by atoms with van der Waals surface area (Å²) in [4.78, 5) is 14.9. The number of nitrogens with two attached hydrogens (primary N) is 1. The van der Waals surface area contributed by atoms with E-state index in [9.17, 15) is 9.18 Å². The summed E-state index contributed by atoms with van der Waals surface area (Å²) in [5, 5.41) is 13.6. The number of aromatic hydroxyl groups is 1. The zero-order chi connectivity index (χ0) is 13.0. The fourth-order valence-corrected chi connectivity index (χ4v) is 1.20. The molecule has 0 radical (unpaired) electrons. The number of aryl methyl sites for hydroxylation is 1. The summed E-state index contributed by atoms with van der Waals surface area (Å²) in [6.45, 7) is 1.55. The smallest absolute Gasteiger partial charge is 0.326 e. The van der Waals surface area contributed by atoms with Crippen LogP contribution in [0.5, 0.6) is 5.75 Å². The lowest BCUT2D eigenvalue weighted by atomic mass is 10.2. The van der Waals surface area contributed by atoms with Crippen molar-refractivity contribution >= 4 is 17.7 Å². The van der Waals surface area contributed by atoms with Gasteiger partial charge in [-0.1, -0.05) is 0 Å². The Balaban J connectivity index is 2.85. The van der Waals surface area contributed by atoms with Gasteiger partial charge in [0.1, 0.15) is 5.75 Å². The van der Waals surface area contributed by atoms with E-state index in [-0.39, 0.29) is 17.4 Å². The molecule has 0 heterocycles. The van der Waals surface area contributed by atoms with E-state index in [1.165, 1.54) is 13.1 Å². The zero-order valence-corrected chi connectivity index (χ0v) is 9.41. The second-order valence-corrected chi connectivity index (χ2v) is 3.31. The number of amides is 2. The maximum atomic E-state index is 13.4. The van der Waals surface area contributed by atoms with Crippen LogP contribution in [-0.2, 0) is 0 Å². The first kappa shape index (κ1) is 12.8. The van der Waals surface area contributed by atoms with Gasteiger partial charge in [-0.2, -0.15) is 0 Å². The van der Waals surface area contributed by atoms with Gasteiger partial charge in [0.25, 0.3) is 0 Å². The molecule has 0 saturated heterocycles. The minimum atomic E-state index is -0.732. The van der Waals surface area contributed by atoms with Gasteiger partial charge in [0, 0.05) is 13.1 Å². The molecule has 0 aliphatic heterocycles. The normalized spacial score (nSPS) is 11.1. The van der Waals surface area contributed by atoms with Crippen molar-refractivity contribution in [3.63, 3.8) is 0 Å². The molecule has 0 saturated carbocycles. The Morgan fingerprint density at radius 2 is 2.18 bits per heavy atom. The number of hydrogen-bond donors (Lipinski definition) is 4. The quantitative estimate of drug-likeness (QED) is 0.333. The molecule has 1 aromatic rings. The third-order valence-corrected chi connectivity index (χ3v) is 1.99. The number of carbonyl (C=O) groups is 1. The first-order valence-corrected chi connectivity index (χ1v) is 4.73. The number of hydrogen-bond acceptors (Lipinski definition) is 3. The highest BCUT2D eigenvalue weighted by molar-refractivity contribution is 6.02. The Bertz CT molecular complexity index is 450. The third kappa shape index (κ3) is 3.33. The van der Waals surface area contributed by atoms with E-state index in [0.29, 0.717) is 5.56 Å². The first-order chi connectivity index (χ1) is 7.93. The zero-order valence-electron chi connectivity index (χ0n) is 9.41. The molecule has 6 nitrogen and oxygen atoms in total. The van der Waals surface area contributed by atoms with Gasteiger partial charge in [-0.3, -0.25) is 10.3 Å². The number of guanidine groups is 1. The van der Waals surface area contributed by atoms with Gasteiger partial charge in [-0.05, 0) is 18.6 Å². The van der Waals surface area contributed by atoms with Crippen LogP contribution in [0.2, 0.25) is 0 Å². The van der Waals surface area contributed by atoms with Gasteiger partial charge in [-0.15, -0.1) is 0 Å². The molecule has 0 spiro atoms. The van der Waals surface area contributed by atoms with E-state index in [1.54, 1.807) is 6.92 Å². The number of benzene rings is 1. The second kappa shape index (κ2) is 5.15. The summed E-state index contributed by atoms with van der Waals surface area (Å²) in [5.41, 5.74) is 5.64. The minimum absolute atomic E-state index is 0.0239. The molecule has 0 aromatic heterocycles. The number of phenols is 1. The van der Waals surface area contributed by atoms with Crippen molar-refractivity contribution in [3.05, 3.63) is 23.5 Å². The van der Waals surface area contributed by atoms with Crippen LogP contribution in [0.15, 0.2) is 17.1 Å². The predicted molar refractivity (Wildman–Crippen MR) is 62.5 cm³/mol. The molecule has 0 aliphatic rings. The van der Waals surface area contributed by atoms with Gasteiger partial charge in [-0.25, -0.2) is 9.18 Å². The number of urea groups is 1. The second-order valence-electron chi connectivity index (χ2n) is 3.31. The van der Waals surface area contributed by atoms with E-state index in [2.05, 4.69) is 15.6 Å². The van der Waals surface area contributed by atoms with Gasteiger partial charge >= 0.3 is 6.03 Å². The van der Waals surface area contributed by atoms with E-state index in [1.807, 2.05) is 0 Å². The number of nitrogens with one attached hydrogen (secondary N) is 2. The van der Waals surface area contributed by atoms with Crippen LogP contribution < -0.4 is 16.4 Å². The largest absolute Gasteiger partial charge is 0.508 e. The fourth-order valence-electron chi connectivity index (χ4n) is 1.20. The SMILES string of the molecule is CN=C(N)NC(=O)Nc1c(C)cc(O)cc1F. The molecule has 0 aliphatic carbocycles. The summed E-state index contributed by atoms with van der Waals surface area (Å²) in [5.74, 6) is -1.02. The lowest BCUT2D eigenvalue weighted by molar-refractivity contribution is 0.256. The third-order valence-electron chi connectivity index (χ3n) is 1.99. The summed E-state index contributed by atoms with van der Waals surface area (Å²) in [6, 6.07) is 1.52. The predicted octanol–water partition coefficient (Wildman–Crippen LogP) is 0.906. The van der Waals surface area contributed by atoms with E-state index in [4.69, 9.17) is 10.8 Å². The van der Waals surface area contributed by atoms with E-state index >= 15 is 0 Å². The molecule has 7 heteroatoms. The standard InChI is InChI=1S/C10H13FN4O2/c1-5-3-6(16)4-7(11)8(5)14-10(17)15-9(12)13-2/h3-4,16H,1-2H3,(H4,12,13,14,15,17). The van der Waals surface area contributed by atoms with Crippen molar-refractivity contribution in [1.82, 2.24) is 5.32 Å². The highest BCUT2D eigenvalue weighted by Crippen LogP contribution is 2.24. The molecular weight excluding hydrogens is 227 g/mol. The van der Waals surface area contributed by atoms with Crippen molar-refractivity contribution in [2.24, 2.45) is 10.7 Å². The van der Waals surface area contributed by atoms with E-state index in [0.717, 1.165) is 6.07 Å². The molecule has 0 bridgehead atoms. The number of phenolic OH excluding ortho intramolecular Hbond substituents is 1. The maximum Gasteiger partial charge on any atom is 0.326 e. The van der Waals surface area contributed by atoms with Crippen molar-refractivity contribution in [1.29, 1.82) is 0 Å². The molecule has 1 aromatic carbocycles. The molecule has 0 unspecified atom stereocenters. The Morgan fingerprint density at radius 1 is 1.53 bits per heavy atom. The lowest BCUT2D eigenvalue weighted by Crippen LogP contribution is -2.39. The number of anilines is 1. The number of carbonyl (C=O) groups excluding carboxylic acids is 1. The Hall–Kier alpha value is -2.31. The molecule has 5 N–H and O–H groups in total. The van der Waals surface area contributed by atoms with Crippen LogP contribution in [0, 0.1) is 12.7 Å². The minimum Gasteiger partial charge on any atom is -0.508 e. The molecule has 0 fully saturated rings. The van der Waals surface area contributed by atoms with Crippen molar-refractivity contribution < 1.29 is 14.3 Å². The van der Waals surface area contributed by atoms with Crippen LogP contribution in [0.1, 0.15) is 5.56 Å². The fraction of sp³-hybridized carbons (Fsp3) is 0.200. The molecule has 1 rings (SSSR count). The highest BCUT2D eigenvalue weighted by Gasteiger charge is 2.11. The summed E-state index contributed by atoms with van der Waals surface area (Å²) < 4.78 is 13.4. The van der Waals surface area contributed by atoms with E-state index < -0.39 is 11.8 Å². The number of rotatable bonds is 1. The lowest BCUT2D eigenvalue weighted by Gasteiger charge is -2.10. The average molecular weight is 240 g/mol. The summed E-state index contributed by atoms with van der Waals surface area (Å²) in [6.07, 6.45) is 0. The molecule has 2 amide bonds. The molecule has 0 atom stereocenters. The topological polar surface area (TPSA) is 99.7 Å². The Kier molecular flexibility index (Phi) is 3.86. The Morgan fingerprint density at radius 3 is 2.71 bits per heavy atom. The van der Waals surface area contributed by atoms with Crippen molar-refractivity contribution in [3.8, 4) is 5.75 Å². The number of nitrogens with zero attached hydrogens (tertiary/aromatic N) is 1. The Labute approximate surface area is 97.3 Å². The van der Waals surface area contributed by atoms with Crippen LogP contribution in [-0.4, -0.2) is 24.1 Å². The maximum absolute atomic E-state index is 13.4. The van der Waals surface area contributed by atoms with Crippen LogP contribution in [0.3, 0.4) is 0 Å². The summed E-state index contributed by atoms with van der Waals surface area (Å²) in [7, 11) is 1.40. The molecule has 17 heavy (non-hydrogen) atoms. The monoisotopic (exact) mass is 240 g/mol. The van der Waals surface area contributed by atoms with Gasteiger partial charge in [0.2, 0.25) is 0 Å². The van der Waals surface area contributed by atoms with Crippen LogP contribution in [0.25, 0.3) is 0 Å². The van der Waals surface area contributed by atoms with Crippen LogP contribution in [0.4, 0.5) is 14.9 Å². The molecule has 92 valence electrons. The first-order valence-electron chi connectivity index (χ1n) is 4.73. The number of halogens is 1. The van der Waals surface area contributed by atoms with Crippen molar-refractivity contribution in [2.75, 3.05) is 12.4 Å². The van der Waals surface area contributed by atoms with Gasteiger partial charge in [0.05, 0.1) is 5.69 Å². The van der Waals surface area contributed by atoms with Gasteiger partial charge in [0.15, 0.2) is 11.8 Å². The van der Waals surface area contributed by atoms with Gasteiger partial charge < -0.3 is 16.2 Å².